The average Bonchev–Trinajstić information content (AvgIpc) is 3.33. The van der Waals surface area contributed by atoms with Gasteiger partial charge in [0.15, 0.2) is 12.1 Å². The summed E-state index contributed by atoms with van der Waals surface area (Å²) < 4.78 is 50.7. The van der Waals surface area contributed by atoms with E-state index in [0.29, 0.717) is 30.3 Å². The Morgan fingerprint density at radius 2 is 1.86 bits per heavy atom. The first-order chi connectivity index (χ1) is 17.0. The minimum absolute atomic E-state index is 0.0222. The lowest BCUT2D eigenvalue weighted by Gasteiger charge is -2.38. The van der Waals surface area contributed by atoms with Crippen molar-refractivity contribution in [3.8, 4) is 0 Å². The summed E-state index contributed by atoms with van der Waals surface area (Å²) in [5, 5.41) is 3.15. The van der Waals surface area contributed by atoms with E-state index in [2.05, 4.69) is 38.1 Å². The molecule has 4 rings (SSSR count). The Bertz CT molecular complexity index is 1080. The fourth-order valence-corrected chi connectivity index (χ4v) is 4.32. The molecule has 1 amide bonds. The van der Waals surface area contributed by atoms with Gasteiger partial charge >= 0.3 is 6.18 Å². The number of likely N-dealkylation sites (tertiary alicyclic amines) is 1. The van der Waals surface area contributed by atoms with E-state index in [1.54, 1.807) is 6.92 Å². The molecule has 0 spiro atoms. The molecule has 2 aliphatic rings. The normalized spacial score (nSPS) is 18.7. The van der Waals surface area contributed by atoms with Crippen molar-refractivity contribution >= 4 is 17.4 Å². The van der Waals surface area contributed by atoms with Gasteiger partial charge in [-0.05, 0) is 51.9 Å². The van der Waals surface area contributed by atoms with Gasteiger partial charge in [-0.2, -0.15) is 13.2 Å². The topological polar surface area (TPSA) is 101 Å². The second kappa shape index (κ2) is 10.6. The highest BCUT2D eigenvalue weighted by molar-refractivity contribution is 5.79. The number of anilines is 2. The first kappa shape index (κ1) is 26.1. The van der Waals surface area contributed by atoms with Gasteiger partial charge in [0.1, 0.15) is 5.82 Å². The maximum Gasteiger partial charge on any atom is 0.416 e. The summed E-state index contributed by atoms with van der Waals surface area (Å²) in [5.74, 6) is 0.467. The molecular formula is C24H31F3N6O3. The van der Waals surface area contributed by atoms with Gasteiger partial charge in [0.2, 0.25) is 5.91 Å². The summed E-state index contributed by atoms with van der Waals surface area (Å²) in [4.78, 5) is 24.2. The van der Waals surface area contributed by atoms with E-state index in [-0.39, 0.29) is 29.4 Å². The molecule has 196 valence electrons. The van der Waals surface area contributed by atoms with Crippen LogP contribution in [-0.2, 0) is 26.9 Å². The predicted octanol–water partition coefficient (Wildman–Crippen LogP) is 3.43. The summed E-state index contributed by atoms with van der Waals surface area (Å²) in [6, 6.07) is 4.78. The number of carbonyl (C=O) groups excluding carboxylic acids is 1. The zero-order chi connectivity index (χ0) is 25.9. The Morgan fingerprint density at radius 1 is 1.17 bits per heavy atom. The Morgan fingerprint density at radius 3 is 2.53 bits per heavy atom. The maximum atomic E-state index is 13.1. The number of aromatic nitrogens is 2. The number of ether oxygens (including phenoxy) is 2. The lowest BCUT2D eigenvalue weighted by atomic mass is 9.89. The number of benzene rings is 1. The Labute approximate surface area is 207 Å². The molecule has 3 N–H and O–H groups in total. The second-order valence-corrected chi connectivity index (χ2v) is 9.47. The molecule has 3 heterocycles. The van der Waals surface area contributed by atoms with E-state index in [0.717, 1.165) is 38.1 Å². The van der Waals surface area contributed by atoms with E-state index in [4.69, 9.17) is 9.47 Å². The third kappa shape index (κ3) is 6.42. The van der Waals surface area contributed by atoms with Crippen LogP contribution in [0.1, 0.15) is 48.7 Å². The molecule has 0 atom stereocenters. The van der Waals surface area contributed by atoms with Crippen molar-refractivity contribution in [1.82, 2.24) is 20.2 Å². The van der Waals surface area contributed by atoms with Crippen LogP contribution in [0.2, 0.25) is 0 Å². The van der Waals surface area contributed by atoms with Crippen molar-refractivity contribution in [1.29, 1.82) is 0 Å². The van der Waals surface area contributed by atoms with Crippen molar-refractivity contribution in [2.45, 2.75) is 51.1 Å². The third-order valence-corrected chi connectivity index (χ3v) is 6.37. The van der Waals surface area contributed by atoms with E-state index >= 15 is 0 Å². The number of alkyl halides is 3. The first-order valence-electron chi connectivity index (χ1n) is 11.8. The van der Waals surface area contributed by atoms with Crippen LogP contribution in [0.15, 0.2) is 24.3 Å². The summed E-state index contributed by atoms with van der Waals surface area (Å²) in [7, 11) is 2.06. The first-order valence-corrected chi connectivity index (χ1v) is 11.8. The van der Waals surface area contributed by atoms with Crippen LogP contribution in [0.3, 0.4) is 0 Å². The molecule has 2 fully saturated rings. The van der Waals surface area contributed by atoms with Crippen LogP contribution in [0, 0.1) is 6.92 Å². The molecule has 0 unspecified atom stereocenters. The number of piperidine rings is 1. The summed E-state index contributed by atoms with van der Waals surface area (Å²) in [6.45, 7) is 6.22. The van der Waals surface area contributed by atoms with E-state index < -0.39 is 18.0 Å². The van der Waals surface area contributed by atoms with Gasteiger partial charge in [0.25, 0.3) is 0 Å². The molecule has 2 aromatic rings. The summed E-state index contributed by atoms with van der Waals surface area (Å²) in [5.41, 5.74) is 5.59. The van der Waals surface area contributed by atoms with Gasteiger partial charge in [-0.25, -0.2) is 9.97 Å². The SMILES string of the molecule is Cc1nc(CC(=O)NC2(C)CCN(C)CC2)c(C2OCCO2)c(NNc2cccc(C(F)(F)F)c2)n1. The van der Waals surface area contributed by atoms with Gasteiger partial charge in [-0.15, -0.1) is 0 Å². The van der Waals surface area contributed by atoms with Gasteiger partial charge in [0.05, 0.1) is 42.1 Å². The lowest BCUT2D eigenvalue weighted by molar-refractivity contribution is -0.137. The van der Waals surface area contributed by atoms with Crippen molar-refractivity contribution in [2.75, 3.05) is 44.2 Å². The largest absolute Gasteiger partial charge is 0.416 e. The Hall–Kier alpha value is -2.96. The number of nitrogens with zero attached hydrogens (tertiary/aromatic N) is 3. The van der Waals surface area contributed by atoms with Gasteiger partial charge in [-0.3, -0.25) is 15.6 Å². The molecular weight excluding hydrogens is 477 g/mol. The molecule has 12 heteroatoms. The highest BCUT2D eigenvalue weighted by Gasteiger charge is 2.33. The molecule has 1 aromatic heterocycles. The lowest BCUT2D eigenvalue weighted by Crippen LogP contribution is -2.53. The zero-order valence-electron chi connectivity index (χ0n) is 20.5. The molecule has 0 radical (unpaired) electrons. The monoisotopic (exact) mass is 508 g/mol. The molecule has 2 saturated heterocycles. The van der Waals surface area contributed by atoms with Crippen LogP contribution in [0.25, 0.3) is 0 Å². The van der Waals surface area contributed by atoms with Crippen LogP contribution in [0.4, 0.5) is 24.7 Å². The van der Waals surface area contributed by atoms with E-state index in [9.17, 15) is 18.0 Å². The number of aryl methyl sites for hydroxylation is 1. The number of hydrazine groups is 1. The van der Waals surface area contributed by atoms with E-state index in [1.165, 1.54) is 12.1 Å². The van der Waals surface area contributed by atoms with Crippen LogP contribution in [0.5, 0.6) is 0 Å². The highest BCUT2D eigenvalue weighted by atomic mass is 19.4. The molecule has 2 aliphatic heterocycles. The van der Waals surface area contributed by atoms with Crippen LogP contribution < -0.4 is 16.2 Å². The number of nitrogens with one attached hydrogen (secondary N) is 3. The maximum absolute atomic E-state index is 13.1. The zero-order valence-corrected chi connectivity index (χ0v) is 20.5. The molecule has 0 saturated carbocycles. The number of hydrogen-bond acceptors (Lipinski definition) is 8. The number of rotatable bonds is 7. The minimum Gasteiger partial charge on any atom is -0.351 e. The van der Waals surface area contributed by atoms with Gasteiger partial charge < -0.3 is 19.7 Å². The van der Waals surface area contributed by atoms with E-state index in [1.807, 2.05) is 6.92 Å². The van der Waals surface area contributed by atoms with Crippen molar-refractivity contribution < 1.29 is 27.4 Å². The predicted molar refractivity (Wildman–Crippen MR) is 127 cm³/mol. The summed E-state index contributed by atoms with van der Waals surface area (Å²) >= 11 is 0. The van der Waals surface area contributed by atoms with Crippen LogP contribution in [-0.4, -0.2) is 59.7 Å². The minimum atomic E-state index is -4.47. The number of amides is 1. The van der Waals surface area contributed by atoms with Gasteiger partial charge in [-0.1, -0.05) is 6.07 Å². The molecule has 0 bridgehead atoms. The Kier molecular flexibility index (Phi) is 7.67. The molecule has 0 aliphatic carbocycles. The number of hydrogen-bond donors (Lipinski definition) is 3. The molecule has 1 aromatic carbocycles. The third-order valence-electron chi connectivity index (χ3n) is 6.37. The fourth-order valence-electron chi connectivity index (χ4n) is 4.32. The van der Waals surface area contributed by atoms with Crippen LogP contribution >= 0.6 is 0 Å². The summed E-state index contributed by atoms with van der Waals surface area (Å²) in [6.07, 6.45) is -3.62. The Balaban J connectivity index is 1.56. The molecule has 36 heavy (non-hydrogen) atoms. The van der Waals surface area contributed by atoms with Crippen molar-refractivity contribution in [2.24, 2.45) is 0 Å². The quantitative estimate of drug-likeness (QED) is 0.490. The van der Waals surface area contributed by atoms with Crippen molar-refractivity contribution in [3.05, 3.63) is 46.9 Å². The smallest absolute Gasteiger partial charge is 0.351 e. The second-order valence-electron chi connectivity index (χ2n) is 9.47. The highest BCUT2D eigenvalue weighted by Crippen LogP contribution is 2.33. The number of halogens is 3. The standard InChI is InChI=1S/C24H31F3N6O3/c1-15-28-18(14-19(34)30-23(2)7-9-33(3)10-8-23)20(22-35-11-12-36-22)21(29-15)32-31-17-6-4-5-16(13-17)24(25,26)27/h4-6,13,22,31H,7-12,14H2,1-3H3,(H,30,34)(H,28,29,32). The molecule has 9 nitrogen and oxygen atoms in total. The number of carbonyl (C=O) groups is 1. The fraction of sp³-hybridized carbons (Fsp3) is 0.542. The average molecular weight is 509 g/mol. The van der Waals surface area contributed by atoms with Crippen molar-refractivity contribution in [3.63, 3.8) is 0 Å². The van der Waals surface area contributed by atoms with Gasteiger partial charge in [0, 0.05) is 18.6 Å².